The van der Waals surface area contributed by atoms with Gasteiger partial charge >= 0.3 is 5.97 Å². The number of carbonyl (C=O) groups excluding carboxylic acids is 2. The van der Waals surface area contributed by atoms with Gasteiger partial charge in [0, 0.05) is 18.6 Å². The van der Waals surface area contributed by atoms with Crippen LogP contribution >= 0.6 is 23.5 Å². The Morgan fingerprint density at radius 3 is 2.62 bits per heavy atom. The zero-order valence-corrected chi connectivity index (χ0v) is 10.9. The molecule has 2 unspecified atom stereocenters. The number of rotatable bonds is 2. The van der Waals surface area contributed by atoms with Gasteiger partial charge in [0.2, 0.25) is 0 Å². The quantitative estimate of drug-likeness (QED) is 0.690. The molecule has 0 N–H and O–H groups in total. The first-order valence-electron chi connectivity index (χ1n) is 5.10. The van der Waals surface area contributed by atoms with Crippen molar-refractivity contribution in [3.05, 3.63) is 0 Å². The molecular weight excluding hydrogens is 248 g/mol. The fourth-order valence-corrected chi connectivity index (χ4v) is 5.40. The van der Waals surface area contributed by atoms with E-state index in [0.29, 0.717) is 0 Å². The first-order valence-corrected chi connectivity index (χ1v) is 7.07. The zero-order valence-electron chi connectivity index (χ0n) is 9.23. The minimum Gasteiger partial charge on any atom is -0.463 e. The Morgan fingerprint density at radius 1 is 1.50 bits per heavy atom. The van der Waals surface area contributed by atoms with Crippen LogP contribution in [0.1, 0.15) is 6.92 Å². The second kappa shape index (κ2) is 4.58. The molecule has 0 amide bonds. The number of ketones is 1. The second-order valence-electron chi connectivity index (χ2n) is 3.84. The molecule has 2 rings (SSSR count). The molecular formula is C10H14O4S2. The largest absolute Gasteiger partial charge is 0.463 e. The third kappa shape index (κ3) is 1.76. The highest BCUT2D eigenvalue weighted by atomic mass is 32.2. The van der Waals surface area contributed by atoms with Gasteiger partial charge in [-0.1, -0.05) is 0 Å². The smallest absolute Gasteiger partial charge is 0.335 e. The molecule has 0 radical (unpaired) electrons. The molecule has 90 valence electrons. The fraction of sp³-hybridized carbons (Fsp3) is 0.800. The van der Waals surface area contributed by atoms with E-state index in [0.717, 1.165) is 11.5 Å². The molecule has 6 heteroatoms. The molecule has 2 fully saturated rings. The predicted octanol–water partition coefficient (Wildman–Crippen LogP) is 0.940. The fourth-order valence-electron chi connectivity index (χ4n) is 2.09. The molecule has 2 saturated heterocycles. The third-order valence-electron chi connectivity index (χ3n) is 2.91. The minimum absolute atomic E-state index is 0.0202. The summed E-state index contributed by atoms with van der Waals surface area (Å²) in [7, 11) is 1.56. The SMILES string of the molecule is COC1C(C(C)=O)COC(=O)C12SCCS2. The number of carbonyl (C=O) groups is 2. The van der Waals surface area contributed by atoms with E-state index in [9.17, 15) is 9.59 Å². The van der Waals surface area contributed by atoms with Gasteiger partial charge in [0.15, 0.2) is 4.08 Å². The van der Waals surface area contributed by atoms with E-state index >= 15 is 0 Å². The van der Waals surface area contributed by atoms with Crippen molar-refractivity contribution in [2.24, 2.45) is 5.92 Å². The summed E-state index contributed by atoms with van der Waals surface area (Å²) in [5, 5.41) is 0. The molecule has 2 heterocycles. The van der Waals surface area contributed by atoms with Crippen molar-refractivity contribution in [2.75, 3.05) is 25.2 Å². The number of ether oxygens (including phenoxy) is 2. The highest BCUT2D eigenvalue weighted by Gasteiger charge is 2.58. The number of Topliss-reactive ketones (excluding diaryl/α,β-unsaturated/α-hetero) is 1. The maximum atomic E-state index is 11.9. The highest BCUT2D eigenvalue weighted by molar-refractivity contribution is 8.22. The molecule has 4 nitrogen and oxygen atoms in total. The molecule has 2 aliphatic rings. The van der Waals surface area contributed by atoms with Crippen molar-refractivity contribution in [1.29, 1.82) is 0 Å². The average Bonchev–Trinajstić information content (AvgIpc) is 2.72. The van der Waals surface area contributed by atoms with Crippen LogP contribution in [0.5, 0.6) is 0 Å². The molecule has 0 aromatic carbocycles. The van der Waals surface area contributed by atoms with Gasteiger partial charge < -0.3 is 9.47 Å². The Kier molecular flexibility index (Phi) is 3.51. The number of thioether (sulfide) groups is 2. The standard InChI is InChI=1S/C10H14O4S2/c1-6(11)7-5-14-9(12)10(8(7)13-2)15-3-4-16-10/h7-8H,3-5H2,1-2H3. The van der Waals surface area contributed by atoms with E-state index in [1.807, 2.05) is 0 Å². The first kappa shape index (κ1) is 12.3. The Balaban J connectivity index is 2.31. The Bertz CT molecular complexity index is 312. The molecule has 0 aromatic heterocycles. The topological polar surface area (TPSA) is 52.6 Å². The number of esters is 1. The highest BCUT2D eigenvalue weighted by Crippen LogP contribution is 2.51. The van der Waals surface area contributed by atoms with Crippen molar-refractivity contribution in [2.45, 2.75) is 17.1 Å². The van der Waals surface area contributed by atoms with E-state index in [2.05, 4.69) is 0 Å². The Hall–Kier alpha value is -0.200. The van der Waals surface area contributed by atoms with Crippen LogP contribution in [-0.4, -0.2) is 47.2 Å². The van der Waals surface area contributed by atoms with Gasteiger partial charge in [0.1, 0.15) is 18.5 Å². The van der Waals surface area contributed by atoms with Crippen LogP contribution in [0.2, 0.25) is 0 Å². The number of hydrogen-bond acceptors (Lipinski definition) is 6. The lowest BCUT2D eigenvalue weighted by Crippen LogP contribution is -2.55. The normalized spacial score (nSPS) is 32.8. The van der Waals surface area contributed by atoms with Gasteiger partial charge in [-0.3, -0.25) is 4.79 Å². The summed E-state index contributed by atoms with van der Waals surface area (Å²) in [6.07, 6.45) is -0.372. The lowest BCUT2D eigenvalue weighted by atomic mass is 9.93. The molecule has 2 atom stereocenters. The Labute approximate surface area is 103 Å². The monoisotopic (exact) mass is 262 g/mol. The van der Waals surface area contributed by atoms with Crippen molar-refractivity contribution < 1.29 is 19.1 Å². The minimum atomic E-state index is -0.719. The first-order chi connectivity index (χ1) is 7.62. The maximum absolute atomic E-state index is 11.9. The maximum Gasteiger partial charge on any atom is 0.335 e. The van der Waals surface area contributed by atoms with Crippen LogP contribution in [0, 0.1) is 5.92 Å². The average molecular weight is 262 g/mol. The van der Waals surface area contributed by atoms with E-state index in [1.54, 1.807) is 7.11 Å². The lowest BCUT2D eigenvalue weighted by Gasteiger charge is -2.40. The molecule has 16 heavy (non-hydrogen) atoms. The van der Waals surface area contributed by atoms with Crippen molar-refractivity contribution in [1.82, 2.24) is 0 Å². The summed E-state index contributed by atoms with van der Waals surface area (Å²) in [6.45, 7) is 1.67. The van der Waals surface area contributed by atoms with Crippen LogP contribution in [-0.2, 0) is 19.1 Å². The van der Waals surface area contributed by atoms with Gasteiger partial charge in [-0.05, 0) is 6.92 Å². The lowest BCUT2D eigenvalue weighted by molar-refractivity contribution is -0.161. The molecule has 0 saturated carbocycles. The Morgan fingerprint density at radius 2 is 2.12 bits per heavy atom. The number of hydrogen-bond donors (Lipinski definition) is 0. The van der Waals surface area contributed by atoms with Crippen LogP contribution in [0.3, 0.4) is 0 Å². The van der Waals surface area contributed by atoms with Gasteiger partial charge in [-0.25, -0.2) is 4.79 Å². The zero-order chi connectivity index (χ0) is 11.8. The van der Waals surface area contributed by atoms with Crippen LogP contribution in [0.25, 0.3) is 0 Å². The summed E-state index contributed by atoms with van der Waals surface area (Å²) in [5.41, 5.74) is 0. The number of cyclic esters (lactones) is 1. The van der Waals surface area contributed by atoms with Crippen molar-refractivity contribution in [3.8, 4) is 0 Å². The third-order valence-corrected chi connectivity index (χ3v) is 6.35. The van der Waals surface area contributed by atoms with E-state index in [4.69, 9.17) is 9.47 Å². The van der Waals surface area contributed by atoms with Crippen molar-refractivity contribution >= 4 is 35.3 Å². The summed E-state index contributed by atoms with van der Waals surface area (Å²) in [5.74, 6) is 1.23. The van der Waals surface area contributed by atoms with Gasteiger partial charge in [0.05, 0.1) is 5.92 Å². The van der Waals surface area contributed by atoms with Crippen LogP contribution in [0.15, 0.2) is 0 Å². The summed E-state index contributed by atoms with van der Waals surface area (Å²) < 4.78 is 9.83. The van der Waals surface area contributed by atoms with E-state index in [1.165, 1.54) is 30.4 Å². The molecule has 0 aliphatic carbocycles. The summed E-state index contributed by atoms with van der Waals surface area (Å²) in [4.78, 5) is 23.4. The van der Waals surface area contributed by atoms with E-state index < -0.39 is 4.08 Å². The molecule has 0 aromatic rings. The van der Waals surface area contributed by atoms with Crippen LogP contribution < -0.4 is 0 Å². The van der Waals surface area contributed by atoms with Crippen LogP contribution in [0.4, 0.5) is 0 Å². The van der Waals surface area contributed by atoms with Gasteiger partial charge in [0.25, 0.3) is 0 Å². The van der Waals surface area contributed by atoms with Crippen molar-refractivity contribution in [3.63, 3.8) is 0 Å². The van der Waals surface area contributed by atoms with E-state index in [-0.39, 0.29) is 30.4 Å². The van der Waals surface area contributed by atoms with Gasteiger partial charge in [-0.2, -0.15) is 0 Å². The second-order valence-corrected chi connectivity index (χ2v) is 6.78. The summed E-state index contributed by atoms with van der Waals surface area (Å²) >= 11 is 3.08. The number of methoxy groups -OCH3 is 1. The predicted molar refractivity (Wildman–Crippen MR) is 63.6 cm³/mol. The molecule has 2 aliphatic heterocycles. The molecule has 0 bridgehead atoms. The molecule has 1 spiro atoms. The van der Waals surface area contributed by atoms with Gasteiger partial charge in [-0.15, -0.1) is 23.5 Å². The summed E-state index contributed by atoms with van der Waals surface area (Å²) in [6, 6.07) is 0.